The molecule has 0 unspecified atom stereocenters. The number of aromatic nitrogens is 3. The number of anilines is 1. The highest BCUT2D eigenvalue weighted by Crippen LogP contribution is 2.26. The molecule has 0 bridgehead atoms. The Balaban J connectivity index is 1.74. The van der Waals surface area contributed by atoms with Crippen molar-refractivity contribution in [1.29, 1.82) is 0 Å². The molecule has 23 heavy (non-hydrogen) atoms. The van der Waals surface area contributed by atoms with Gasteiger partial charge in [-0.05, 0) is 12.1 Å². The molecular weight excluding hydrogens is 352 g/mol. The second-order valence-corrected chi connectivity index (χ2v) is 7.40. The number of carbonyl (C=O) groups is 1. The highest BCUT2D eigenvalue weighted by atomic mass is 35.5. The summed E-state index contributed by atoms with van der Waals surface area (Å²) in [4.78, 5) is 16.6. The minimum Gasteiger partial charge on any atom is -0.295 e. The molecule has 5 nitrogen and oxygen atoms in total. The fraction of sp³-hybridized carbons (Fsp3) is 0.200. The molecule has 118 valence electrons. The second-order valence-electron chi connectivity index (χ2n) is 5.10. The molecule has 0 radical (unpaired) electrons. The van der Waals surface area contributed by atoms with Gasteiger partial charge in [0.05, 0.1) is 0 Å². The van der Waals surface area contributed by atoms with Crippen molar-refractivity contribution in [1.82, 2.24) is 15.2 Å². The summed E-state index contributed by atoms with van der Waals surface area (Å²) in [6, 6.07) is 7.35. The average molecular weight is 365 g/mol. The lowest BCUT2D eigenvalue weighted by Gasteiger charge is -1.98. The Kier molecular flexibility index (Phi) is 4.70. The number of rotatable bonds is 4. The fourth-order valence-electron chi connectivity index (χ4n) is 1.78. The van der Waals surface area contributed by atoms with Crippen LogP contribution in [-0.4, -0.2) is 21.1 Å². The van der Waals surface area contributed by atoms with Crippen LogP contribution in [0.3, 0.4) is 0 Å². The van der Waals surface area contributed by atoms with Crippen LogP contribution in [0.2, 0.25) is 5.02 Å². The van der Waals surface area contributed by atoms with Crippen LogP contribution in [0.5, 0.6) is 0 Å². The Morgan fingerprint density at radius 1 is 1.22 bits per heavy atom. The molecule has 0 saturated heterocycles. The lowest BCUT2D eigenvalue weighted by molar-refractivity contribution is 0.102. The molecule has 8 heteroatoms. The molecule has 2 aromatic heterocycles. The molecule has 0 spiro atoms. The largest absolute Gasteiger partial charge is 0.295 e. The highest BCUT2D eigenvalue weighted by Gasteiger charge is 2.15. The second kappa shape index (κ2) is 6.74. The van der Waals surface area contributed by atoms with Gasteiger partial charge >= 0.3 is 0 Å². The molecule has 1 amide bonds. The number of carbonyl (C=O) groups excluding carboxylic acids is 1. The summed E-state index contributed by atoms with van der Waals surface area (Å²) in [5.41, 5.74) is 1.29. The fourth-order valence-corrected chi connectivity index (χ4v) is 3.46. The lowest BCUT2D eigenvalue weighted by Crippen LogP contribution is -2.12. The van der Waals surface area contributed by atoms with Crippen molar-refractivity contribution >= 4 is 45.3 Å². The molecule has 0 fully saturated rings. The van der Waals surface area contributed by atoms with Crippen molar-refractivity contribution in [3.63, 3.8) is 0 Å². The molecule has 3 aromatic rings. The molecule has 0 atom stereocenters. The molecule has 0 aliphatic heterocycles. The SMILES string of the molecule is CC(C)c1nnc(NC(=O)c2csc(-c3ccc(Cl)cc3)n2)s1. The van der Waals surface area contributed by atoms with Crippen LogP contribution < -0.4 is 5.32 Å². The summed E-state index contributed by atoms with van der Waals surface area (Å²) in [5, 5.41) is 15.3. The maximum absolute atomic E-state index is 12.2. The van der Waals surface area contributed by atoms with Crippen LogP contribution >= 0.6 is 34.3 Å². The van der Waals surface area contributed by atoms with E-state index in [1.54, 1.807) is 17.5 Å². The van der Waals surface area contributed by atoms with E-state index in [0.717, 1.165) is 15.6 Å². The van der Waals surface area contributed by atoms with Gasteiger partial charge in [-0.2, -0.15) is 0 Å². The van der Waals surface area contributed by atoms with E-state index >= 15 is 0 Å². The number of nitrogens with zero attached hydrogens (tertiary/aromatic N) is 3. The first-order valence-electron chi connectivity index (χ1n) is 6.89. The van der Waals surface area contributed by atoms with Crippen LogP contribution in [0.4, 0.5) is 5.13 Å². The Morgan fingerprint density at radius 2 is 1.96 bits per heavy atom. The molecule has 3 rings (SSSR count). The summed E-state index contributed by atoms with van der Waals surface area (Å²) in [7, 11) is 0. The number of amides is 1. The first-order chi connectivity index (χ1) is 11.0. The minimum absolute atomic E-state index is 0.284. The zero-order valence-corrected chi connectivity index (χ0v) is 14.8. The standard InChI is InChI=1S/C15H13ClN4OS2/c1-8(2)13-19-20-15(23-13)18-12(21)11-7-22-14(17-11)9-3-5-10(16)6-4-9/h3-8H,1-2H3,(H,18,20,21). The Hall–Kier alpha value is -1.83. The number of halogens is 1. The maximum Gasteiger partial charge on any atom is 0.276 e. The van der Waals surface area contributed by atoms with Crippen molar-refractivity contribution in [3.8, 4) is 10.6 Å². The third-order valence-electron chi connectivity index (χ3n) is 2.98. The van der Waals surface area contributed by atoms with Gasteiger partial charge in [-0.25, -0.2) is 4.98 Å². The monoisotopic (exact) mass is 364 g/mol. The van der Waals surface area contributed by atoms with E-state index in [-0.39, 0.29) is 11.8 Å². The molecule has 2 heterocycles. The Bertz CT molecular complexity index is 826. The van der Waals surface area contributed by atoms with E-state index < -0.39 is 0 Å². The van der Waals surface area contributed by atoms with Gasteiger partial charge in [0.15, 0.2) is 0 Å². The summed E-state index contributed by atoms with van der Waals surface area (Å²) >= 11 is 8.66. The van der Waals surface area contributed by atoms with Crippen LogP contribution in [0.25, 0.3) is 10.6 Å². The predicted octanol–water partition coefficient (Wildman–Crippen LogP) is 4.69. The summed E-state index contributed by atoms with van der Waals surface area (Å²) in [6.45, 7) is 4.07. The van der Waals surface area contributed by atoms with E-state index in [2.05, 4.69) is 20.5 Å². The average Bonchev–Trinajstić information content (AvgIpc) is 3.17. The highest BCUT2D eigenvalue weighted by molar-refractivity contribution is 7.15. The van der Waals surface area contributed by atoms with Gasteiger partial charge in [-0.15, -0.1) is 21.5 Å². The smallest absolute Gasteiger partial charge is 0.276 e. The van der Waals surface area contributed by atoms with Gasteiger partial charge in [-0.3, -0.25) is 10.1 Å². The van der Waals surface area contributed by atoms with Crippen molar-refractivity contribution < 1.29 is 4.79 Å². The molecule has 1 N–H and O–H groups in total. The predicted molar refractivity (Wildman–Crippen MR) is 94.5 cm³/mol. The van der Waals surface area contributed by atoms with E-state index in [0.29, 0.717) is 15.8 Å². The third kappa shape index (κ3) is 3.74. The summed E-state index contributed by atoms with van der Waals surface area (Å²) in [6.07, 6.45) is 0. The van der Waals surface area contributed by atoms with Crippen molar-refractivity contribution in [2.24, 2.45) is 0 Å². The first-order valence-corrected chi connectivity index (χ1v) is 8.96. The normalized spacial score (nSPS) is 11.0. The zero-order chi connectivity index (χ0) is 16.4. The zero-order valence-electron chi connectivity index (χ0n) is 12.4. The quantitative estimate of drug-likeness (QED) is 0.729. The topological polar surface area (TPSA) is 67.8 Å². The van der Waals surface area contributed by atoms with Gasteiger partial charge in [0, 0.05) is 21.9 Å². The van der Waals surface area contributed by atoms with Crippen molar-refractivity contribution in [2.45, 2.75) is 19.8 Å². The number of thiazole rings is 1. The van der Waals surface area contributed by atoms with Gasteiger partial charge in [0.1, 0.15) is 15.7 Å². The molecular formula is C15H13ClN4OS2. The van der Waals surface area contributed by atoms with Gasteiger partial charge in [-0.1, -0.05) is 48.9 Å². The van der Waals surface area contributed by atoms with Gasteiger partial charge in [0.2, 0.25) is 5.13 Å². The Morgan fingerprint density at radius 3 is 2.61 bits per heavy atom. The van der Waals surface area contributed by atoms with Crippen LogP contribution in [0, 0.1) is 0 Å². The van der Waals surface area contributed by atoms with Gasteiger partial charge in [0.25, 0.3) is 5.91 Å². The minimum atomic E-state index is -0.284. The number of hydrogen-bond donors (Lipinski definition) is 1. The number of benzene rings is 1. The van der Waals surface area contributed by atoms with E-state index in [9.17, 15) is 4.79 Å². The molecule has 0 saturated carbocycles. The van der Waals surface area contributed by atoms with Crippen molar-refractivity contribution in [2.75, 3.05) is 5.32 Å². The van der Waals surface area contributed by atoms with E-state index in [1.807, 2.05) is 26.0 Å². The number of hydrogen-bond acceptors (Lipinski definition) is 6. The summed E-state index contributed by atoms with van der Waals surface area (Å²) < 4.78 is 0. The van der Waals surface area contributed by atoms with Gasteiger partial charge < -0.3 is 0 Å². The first kappa shape index (κ1) is 16.0. The van der Waals surface area contributed by atoms with E-state index in [4.69, 9.17) is 11.6 Å². The van der Waals surface area contributed by atoms with E-state index in [1.165, 1.54) is 22.7 Å². The molecule has 0 aliphatic carbocycles. The number of nitrogens with one attached hydrogen (secondary N) is 1. The molecule has 1 aromatic carbocycles. The van der Waals surface area contributed by atoms with Crippen LogP contribution in [-0.2, 0) is 0 Å². The van der Waals surface area contributed by atoms with Crippen LogP contribution in [0.15, 0.2) is 29.6 Å². The lowest BCUT2D eigenvalue weighted by atomic mass is 10.2. The molecule has 0 aliphatic rings. The van der Waals surface area contributed by atoms with Crippen molar-refractivity contribution in [3.05, 3.63) is 45.4 Å². The van der Waals surface area contributed by atoms with Crippen LogP contribution in [0.1, 0.15) is 35.3 Å². The summed E-state index contributed by atoms with van der Waals surface area (Å²) in [5.74, 6) is 0.00171. The third-order valence-corrected chi connectivity index (χ3v) is 5.27. The Labute approximate surface area is 146 Å². The maximum atomic E-state index is 12.2.